The van der Waals surface area contributed by atoms with Crippen molar-refractivity contribution in [2.75, 3.05) is 19.8 Å². The fourth-order valence-corrected chi connectivity index (χ4v) is 1.41. The highest BCUT2D eigenvalue weighted by molar-refractivity contribution is 5.74. The number of hydrogen-bond donors (Lipinski definition) is 3. The van der Waals surface area contributed by atoms with Gasteiger partial charge in [0, 0.05) is 6.54 Å². The van der Waals surface area contributed by atoms with Gasteiger partial charge in [-0.1, -0.05) is 30.3 Å². The Bertz CT molecular complexity index is 372. The summed E-state index contributed by atoms with van der Waals surface area (Å²) in [6, 6.07) is 9.73. The van der Waals surface area contributed by atoms with E-state index in [1.807, 2.05) is 37.3 Å². The number of hydroxylamine groups is 1. The third-order valence-corrected chi connectivity index (χ3v) is 2.44. The SMILES string of the molecule is CC(OCC(O)CNOCC(N)=O)c1ccccc1. The van der Waals surface area contributed by atoms with Crippen molar-refractivity contribution < 1.29 is 19.5 Å². The molecule has 2 atom stereocenters. The Kier molecular flexibility index (Phi) is 7.06. The summed E-state index contributed by atoms with van der Waals surface area (Å²) in [6.07, 6.45) is -0.818. The number of aliphatic hydroxyl groups is 1. The number of carbonyl (C=O) groups excluding carboxylic acids is 1. The molecule has 1 rings (SSSR count). The average molecular weight is 268 g/mol. The van der Waals surface area contributed by atoms with Gasteiger partial charge in [-0.2, -0.15) is 5.48 Å². The topological polar surface area (TPSA) is 93.8 Å². The van der Waals surface area contributed by atoms with Crippen molar-refractivity contribution in [3.63, 3.8) is 0 Å². The molecule has 0 aromatic heterocycles. The van der Waals surface area contributed by atoms with E-state index in [4.69, 9.17) is 15.3 Å². The number of ether oxygens (including phenoxy) is 1. The minimum absolute atomic E-state index is 0.0950. The Morgan fingerprint density at radius 2 is 2.11 bits per heavy atom. The van der Waals surface area contributed by atoms with Crippen LogP contribution in [-0.4, -0.2) is 36.9 Å². The van der Waals surface area contributed by atoms with E-state index in [0.717, 1.165) is 5.56 Å². The van der Waals surface area contributed by atoms with Crippen LogP contribution in [0.5, 0.6) is 0 Å². The predicted molar refractivity (Wildman–Crippen MR) is 70.0 cm³/mol. The van der Waals surface area contributed by atoms with E-state index in [2.05, 4.69) is 5.48 Å². The quantitative estimate of drug-likeness (QED) is 0.437. The summed E-state index contributed by atoms with van der Waals surface area (Å²) in [5.74, 6) is -0.573. The molecule has 2 unspecified atom stereocenters. The number of aliphatic hydroxyl groups excluding tert-OH is 1. The van der Waals surface area contributed by atoms with Crippen molar-refractivity contribution >= 4 is 5.91 Å². The maximum absolute atomic E-state index is 10.4. The van der Waals surface area contributed by atoms with Crippen LogP contribution in [0, 0.1) is 0 Å². The lowest BCUT2D eigenvalue weighted by Crippen LogP contribution is -2.33. The van der Waals surface area contributed by atoms with Crippen LogP contribution < -0.4 is 11.2 Å². The van der Waals surface area contributed by atoms with E-state index < -0.39 is 12.0 Å². The highest BCUT2D eigenvalue weighted by Gasteiger charge is 2.09. The van der Waals surface area contributed by atoms with Crippen molar-refractivity contribution in [2.24, 2.45) is 5.73 Å². The van der Waals surface area contributed by atoms with Gasteiger partial charge in [0.1, 0.15) is 6.61 Å². The van der Waals surface area contributed by atoms with Crippen molar-refractivity contribution in [3.8, 4) is 0 Å². The minimum Gasteiger partial charge on any atom is -0.389 e. The molecule has 0 saturated heterocycles. The van der Waals surface area contributed by atoms with Gasteiger partial charge in [0.15, 0.2) is 0 Å². The molecule has 1 amide bonds. The zero-order valence-corrected chi connectivity index (χ0v) is 10.9. The van der Waals surface area contributed by atoms with Gasteiger partial charge < -0.3 is 15.6 Å². The third kappa shape index (κ3) is 6.88. The standard InChI is InChI=1S/C13H20N2O4/c1-10(11-5-3-2-4-6-11)18-8-12(16)7-15-19-9-13(14)17/h2-6,10,12,15-16H,7-9H2,1H3,(H2,14,17). The fourth-order valence-electron chi connectivity index (χ4n) is 1.41. The molecule has 0 radical (unpaired) electrons. The van der Waals surface area contributed by atoms with Gasteiger partial charge in [0.25, 0.3) is 0 Å². The largest absolute Gasteiger partial charge is 0.389 e. The van der Waals surface area contributed by atoms with E-state index in [1.54, 1.807) is 0 Å². The van der Waals surface area contributed by atoms with Gasteiger partial charge >= 0.3 is 0 Å². The number of nitrogens with two attached hydrogens (primary N) is 1. The molecule has 0 heterocycles. The molecule has 0 saturated carbocycles. The average Bonchev–Trinajstić information content (AvgIpc) is 2.41. The second kappa shape index (κ2) is 8.60. The molecular formula is C13H20N2O4. The lowest BCUT2D eigenvalue weighted by molar-refractivity contribution is -0.126. The van der Waals surface area contributed by atoms with Crippen molar-refractivity contribution in [2.45, 2.75) is 19.1 Å². The molecule has 0 aliphatic heterocycles. The second-order valence-electron chi connectivity index (χ2n) is 4.14. The lowest BCUT2D eigenvalue weighted by Gasteiger charge is -2.17. The Balaban J connectivity index is 2.16. The molecular weight excluding hydrogens is 248 g/mol. The summed E-state index contributed by atoms with van der Waals surface area (Å²) in [7, 11) is 0. The van der Waals surface area contributed by atoms with Crippen LogP contribution in [0.4, 0.5) is 0 Å². The Labute approximate surface area is 112 Å². The van der Waals surface area contributed by atoms with Crippen LogP contribution in [-0.2, 0) is 14.4 Å². The number of carbonyl (C=O) groups is 1. The zero-order chi connectivity index (χ0) is 14.1. The molecule has 0 aliphatic carbocycles. The summed E-state index contributed by atoms with van der Waals surface area (Å²) in [5, 5.41) is 9.63. The molecule has 19 heavy (non-hydrogen) atoms. The van der Waals surface area contributed by atoms with Crippen LogP contribution >= 0.6 is 0 Å². The van der Waals surface area contributed by atoms with Gasteiger partial charge in [-0.15, -0.1) is 0 Å². The van der Waals surface area contributed by atoms with Gasteiger partial charge in [-0.25, -0.2) is 0 Å². The molecule has 6 nitrogen and oxygen atoms in total. The number of nitrogens with one attached hydrogen (secondary N) is 1. The molecule has 1 aromatic carbocycles. The summed E-state index contributed by atoms with van der Waals surface area (Å²) in [5.41, 5.74) is 8.38. The first-order valence-electron chi connectivity index (χ1n) is 6.07. The van der Waals surface area contributed by atoms with Crippen LogP contribution in [0.25, 0.3) is 0 Å². The molecule has 0 fully saturated rings. The van der Waals surface area contributed by atoms with E-state index in [0.29, 0.717) is 0 Å². The van der Waals surface area contributed by atoms with Crippen molar-refractivity contribution in [1.82, 2.24) is 5.48 Å². The third-order valence-electron chi connectivity index (χ3n) is 2.44. The monoisotopic (exact) mass is 268 g/mol. The van der Waals surface area contributed by atoms with Crippen LogP contribution in [0.15, 0.2) is 30.3 Å². The molecule has 6 heteroatoms. The summed E-state index contributed by atoms with van der Waals surface area (Å²) < 4.78 is 5.53. The molecule has 4 N–H and O–H groups in total. The summed E-state index contributed by atoms with van der Waals surface area (Å²) in [6.45, 7) is 2.02. The maximum Gasteiger partial charge on any atom is 0.245 e. The van der Waals surface area contributed by atoms with Gasteiger partial charge in [0.2, 0.25) is 5.91 Å². The molecule has 0 aliphatic rings. The second-order valence-corrected chi connectivity index (χ2v) is 4.14. The highest BCUT2D eigenvalue weighted by atomic mass is 16.6. The lowest BCUT2D eigenvalue weighted by atomic mass is 10.1. The number of rotatable bonds is 9. The van der Waals surface area contributed by atoms with Crippen LogP contribution in [0.1, 0.15) is 18.6 Å². The van der Waals surface area contributed by atoms with Crippen molar-refractivity contribution in [3.05, 3.63) is 35.9 Å². The first-order valence-corrected chi connectivity index (χ1v) is 6.07. The number of primary amides is 1. The Morgan fingerprint density at radius 1 is 1.42 bits per heavy atom. The van der Waals surface area contributed by atoms with Crippen molar-refractivity contribution in [1.29, 1.82) is 0 Å². The normalized spacial score (nSPS) is 14.0. The van der Waals surface area contributed by atoms with E-state index in [-0.39, 0.29) is 25.9 Å². The maximum atomic E-state index is 10.4. The van der Waals surface area contributed by atoms with E-state index in [9.17, 15) is 9.90 Å². The predicted octanol–water partition coefficient (Wildman–Crippen LogP) is 0.132. The van der Waals surface area contributed by atoms with Gasteiger partial charge in [-0.3, -0.25) is 9.63 Å². The highest BCUT2D eigenvalue weighted by Crippen LogP contribution is 2.15. The molecule has 0 spiro atoms. The molecule has 106 valence electrons. The van der Waals surface area contributed by atoms with Gasteiger partial charge in [0.05, 0.1) is 18.8 Å². The van der Waals surface area contributed by atoms with E-state index >= 15 is 0 Å². The number of amides is 1. The minimum atomic E-state index is -0.723. The Morgan fingerprint density at radius 3 is 2.74 bits per heavy atom. The molecule has 0 bridgehead atoms. The van der Waals surface area contributed by atoms with E-state index in [1.165, 1.54) is 0 Å². The smallest absolute Gasteiger partial charge is 0.245 e. The molecule has 1 aromatic rings. The summed E-state index contributed by atoms with van der Waals surface area (Å²) in [4.78, 5) is 15.1. The summed E-state index contributed by atoms with van der Waals surface area (Å²) >= 11 is 0. The van der Waals surface area contributed by atoms with Crippen LogP contribution in [0.2, 0.25) is 0 Å². The van der Waals surface area contributed by atoms with Gasteiger partial charge in [-0.05, 0) is 12.5 Å². The first kappa shape index (κ1) is 15.6. The number of hydrogen-bond acceptors (Lipinski definition) is 5. The number of benzene rings is 1. The fraction of sp³-hybridized carbons (Fsp3) is 0.462. The first-order chi connectivity index (χ1) is 9.09. The zero-order valence-electron chi connectivity index (χ0n) is 10.9. The van der Waals surface area contributed by atoms with Crippen LogP contribution in [0.3, 0.4) is 0 Å². The Hall–Kier alpha value is -1.47.